The molecule has 1 aromatic rings. The van der Waals surface area contributed by atoms with Gasteiger partial charge in [0.25, 0.3) is 0 Å². The van der Waals surface area contributed by atoms with Crippen molar-refractivity contribution in [2.24, 2.45) is 0 Å². The van der Waals surface area contributed by atoms with Gasteiger partial charge in [-0.2, -0.15) is 11.8 Å². The zero-order valence-electron chi connectivity index (χ0n) is 9.67. The molecule has 0 saturated carbocycles. The van der Waals surface area contributed by atoms with Gasteiger partial charge >= 0.3 is 6.36 Å². The van der Waals surface area contributed by atoms with Crippen LogP contribution in [0.3, 0.4) is 0 Å². The predicted molar refractivity (Wildman–Crippen MR) is 67.1 cm³/mol. The first-order valence-corrected chi connectivity index (χ1v) is 6.89. The topological polar surface area (TPSA) is 21.3 Å². The molecule has 100 valence electrons. The van der Waals surface area contributed by atoms with Crippen molar-refractivity contribution in [3.8, 4) is 5.75 Å². The van der Waals surface area contributed by atoms with E-state index in [4.69, 9.17) is 0 Å². The number of ether oxygens (including phenoxy) is 1. The normalized spacial score (nSPS) is 17.5. The summed E-state index contributed by atoms with van der Waals surface area (Å²) in [6.07, 6.45) is -2.73. The third-order valence-electron chi connectivity index (χ3n) is 2.69. The molecule has 0 radical (unpaired) electrons. The van der Waals surface area contributed by atoms with Crippen molar-refractivity contribution in [2.45, 2.75) is 25.2 Å². The van der Waals surface area contributed by atoms with Crippen LogP contribution in [0.4, 0.5) is 18.9 Å². The maximum atomic E-state index is 12.2. The van der Waals surface area contributed by atoms with Crippen LogP contribution in [0, 0.1) is 0 Å². The summed E-state index contributed by atoms with van der Waals surface area (Å²) in [4.78, 5) is 0. The van der Waals surface area contributed by atoms with E-state index < -0.39 is 6.36 Å². The number of thioether (sulfide) groups is 1. The van der Waals surface area contributed by atoms with Crippen LogP contribution in [0.25, 0.3) is 0 Å². The smallest absolute Gasteiger partial charge is 0.404 e. The lowest BCUT2D eigenvalue weighted by molar-refractivity contribution is -0.274. The summed E-state index contributed by atoms with van der Waals surface area (Å²) in [5, 5.41) is 3.13. The highest BCUT2D eigenvalue weighted by atomic mass is 32.2. The molecule has 2 rings (SSSR count). The second-order valence-corrected chi connectivity index (χ2v) is 5.30. The standard InChI is InChI=1S/C12H14F3NOS/c13-12(14,15)17-11-4-2-1-3-10(11)16-9-5-7-18-8-6-9/h1-4,9,16H,5-8H2. The maximum Gasteiger partial charge on any atom is 0.573 e. The summed E-state index contributed by atoms with van der Waals surface area (Å²) >= 11 is 1.87. The van der Waals surface area contributed by atoms with Crippen molar-refractivity contribution < 1.29 is 17.9 Å². The molecule has 0 aromatic heterocycles. The lowest BCUT2D eigenvalue weighted by Gasteiger charge is -2.25. The van der Waals surface area contributed by atoms with Gasteiger partial charge in [-0.3, -0.25) is 0 Å². The van der Waals surface area contributed by atoms with E-state index in [0.29, 0.717) is 5.69 Å². The molecule has 2 nitrogen and oxygen atoms in total. The quantitative estimate of drug-likeness (QED) is 0.905. The lowest BCUT2D eigenvalue weighted by atomic mass is 10.1. The molecule has 18 heavy (non-hydrogen) atoms. The minimum Gasteiger partial charge on any atom is -0.404 e. The summed E-state index contributed by atoms with van der Waals surface area (Å²) in [6.45, 7) is 0. The van der Waals surface area contributed by atoms with Crippen molar-refractivity contribution in [2.75, 3.05) is 16.8 Å². The van der Waals surface area contributed by atoms with Crippen LogP contribution in [0.15, 0.2) is 24.3 Å². The van der Waals surface area contributed by atoms with Crippen LogP contribution in [-0.2, 0) is 0 Å². The van der Waals surface area contributed by atoms with Crippen LogP contribution < -0.4 is 10.1 Å². The number of nitrogens with one attached hydrogen (secondary N) is 1. The first-order valence-electron chi connectivity index (χ1n) is 5.74. The number of rotatable bonds is 3. The van der Waals surface area contributed by atoms with Crippen LogP contribution in [0.5, 0.6) is 5.75 Å². The first-order chi connectivity index (χ1) is 8.54. The summed E-state index contributed by atoms with van der Waals surface area (Å²) in [6, 6.07) is 6.40. The zero-order valence-corrected chi connectivity index (χ0v) is 10.5. The van der Waals surface area contributed by atoms with E-state index in [1.807, 2.05) is 11.8 Å². The highest BCUT2D eigenvalue weighted by Crippen LogP contribution is 2.31. The fourth-order valence-electron chi connectivity index (χ4n) is 1.86. The van der Waals surface area contributed by atoms with Crippen LogP contribution in [0.2, 0.25) is 0 Å². The molecule has 1 aromatic carbocycles. The number of anilines is 1. The molecule has 0 aliphatic carbocycles. The Morgan fingerprint density at radius 1 is 1.17 bits per heavy atom. The van der Waals surface area contributed by atoms with Gasteiger partial charge < -0.3 is 10.1 Å². The fourth-order valence-corrected chi connectivity index (χ4v) is 2.97. The van der Waals surface area contributed by atoms with Crippen LogP contribution >= 0.6 is 11.8 Å². The fraction of sp³-hybridized carbons (Fsp3) is 0.500. The highest BCUT2D eigenvalue weighted by Gasteiger charge is 2.32. The Morgan fingerprint density at radius 2 is 1.83 bits per heavy atom. The van der Waals surface area contributed by atoms with Gasteiger partial charge in [0.2, 0.25) is 0 Å². The Labute approximate surface area is 108 Å². The molecular weight excluding hydrogens is 263 g/mol. The van der Waals surface area contributed by atoms with Crippen molar-refractivity contribution in [1.29, 1.82) is 0 Å². The summed E-state index contributed by atoms with van der Waals surface area (Å²) in [5.74, 6) is 1.92. The van der Waals surface area contributed by atoms with Gasteiger partial charge in [0.05, 0.1) is 5.69 Å². The Morgan fingerprint density at radius 3 is 2.50 bits per heavy atom. The molecule has 1 saturated heterocycles. The zero-order chi connectivity index (χ0) is 13.0. The molecule has 0 unspecified atom stereocenters. The Kier molecular flexibility index (Phi) is 4.27. The number of hydrogen-bond donors (Lipinski definition) is 1. The van der Waals surface area contributed by atoms with Gasteiger partial charge in [0, 0.05) is 6.04 Å². The summed E-state index contributed by atoms with van der Waals surface area (Å²) in [7, 11) is 0. The van der Waals surface area contributed by atoms with Crippen LogP contribution in [0.1, 0.15) is 12.8 Å². The SMILES string of the molecule is FC(F)(F)Oc1ccccc1NC1CCSCC1. The third kappa shape index (κ3) is 4.01. The number of halogens is 3. The minimum atomic E-state index is -4.65. The van der Waals surface area contributed by atoms with E-state index in [9.17, 15) is 13.2 Å². The van der Waals surface area contributed by atoms with E-state index >= 15 is 0 Å². The molecule has 0 spiro atoms. The van der Waals surface area contributed by atoms with Gasteiger partial charge in [0.1, 0.15) is 0 Å². The van der Waals surface area contributed by atoms with E-state index in [0.717, 1.165) is 24.3 Å². The largest absolute Gasteiger partial charge is 0.573 e. The second-order valence-electron chi connectivity index (χ2n) is 4.07. The molecule has 0 atom stereocenters. The first kappa shape index (κ1) is 13.4. The number of benzene rings is 1. The van der Waals surface area contributed by atoms with Gasteiger partial charge in [-0.1, -0.05) is 12.1 Å². The number of hydrogen-bond acceptors (Lipinski definition) is 3. The predicted octanol–water partition coefficient (Wildman–Crippen LogP) is 3.89. The maximum absolute atomic E-state index is 12.2. The number of para-hydroxylation sites is 2. The molecule has 1 N–H and O–H groups in total. The van der Waals surface area contributed by atoms with Crippen molar-refractivity contribution >= 4 is 17.4 Å². The van der Waals surface area contributed by atoms with Gasteiger partial charge in [0.15, 0.2) is 5.75 Å². The van der Waals surface area contributed by atoms with Crippen molar-refractivity contribution in [1.82, 2.24) is 0 Å². The molecule has 0 amide bonds. The minimum absolute atomic E-state index is 0.164. The van der Waals surface area contributed by atoms with E-state index in [2.05, 4.69) is 10.1 Å². The lowest BCUT2D eigenvalue weighted by Crippen LogP contribution is -2.25. The molecule has 1 aliphatic rings. The van der Waals surface area contributed by atoms with Crippen molar-refractivity contribution in [3.05, 3.63) is 24.3 Å². The van der Waals surface area contributed by atoms with E-state index in [-0.39, 0.29) is 11.8 Å². The van der Waals surface area contributed by atoms with Crippen molar-refractivity contribution in [3.63, 3.8) is 0 Å². The van der Waals surface area contributed by atoms with Gasteiger partial charge in [-0.15, -0.1) is 13.2 Å². The van der Waals surface area contributed by atoms with E-state index in [1.165, 1.54) is 12.1 Å². The monoisotopic (exact) mass is 277 g/mol. The summed E-state index contributed by atoms with van der Waals surface area (Å²) < 4.78 is 40.7. The van der Waals surface area contributed by atoms with Crippen LogP contribution in [-0.4, -0.2) is 23.9 Å². The molecule has 0 bridgehead atoms. The third-order valence-corrected chi connectivity index (χ3v) is 3.74. The summed E-state index contributed by atoms with van der Waals surface area (Å²) in [5.41, 5.74) is 0.409. The van der Waals surface area contributed by atoms with Gasteiger partial charge in [-0.25, -0.2) is 0 Å². The Bertz CT molecular complexity index is 391. The Hall–Kier alpha value is -1.04. The van der Waals surface area contributed by atoms with E-state index in [1.54, 1.807) is 12.1 Å². The molecular formula is C12H14F3NOS. The Balaban J connectivity index is 2.06. The second kappa shape index (κ2) is 5.73. The highest BCUT2D eigenvalue weighted by molar-refractivity contribution is 7.99. The van der Waals surface area contributed by atoms with Gasteiger partial charge in [-0.05, 0) is 36.5 Å². The average Bonchev–Trinajstić information content (AvgIpc) is 2.31. The molecule has 6 heteroatoms. The molecule has 1 aliphatic heterocycles. The average molecular weight is 277 g/mol. The number of alkyl halides is 3. The molecule has 1 heterocycles. The molecule has 1 fully saturated rings.